The molecule has 0 aromatic carbocycles. The van der Waals surface area contributed by atoms with Crippen LogP contribution in [0.5, 0.6) is 0 Å². The number of halogens is 1. The topological polar surface area (TPSA) is 12.0 Å². The van der Waals surface area contributed by atoms with Gasteiger partial charge in [0.1, 0.15) is 0 Å². The maximum absolute atomic E-state index is 3.72. The molecule has 110 valence electrons. The Labute approximate surface area is 131 Å². The fourth-order valence-corrected chi connectivity index (χ4v) is 3.64. The van der Waals surface area contributed by atoms with Crippen LogP contribution in [0.4, 0.5) is 0 Å². The quantitative estimate of drug-likeness (QED) is 0.673. The second-order valence-corrected chi connectivity index (χ2v) is 9.02. The van der Waals surface area contributed by atoms with E-state index in [1.165, 1.54) is 27.1 Å². The molecule has 1 heterocycles. The molecule has 0 saturated carbocycles. The summed E-state index contributed by atoms with van der Waals surface area (Å²) in [4.78, 5) is 1.47. The Morgan fingerprint density at radius 3 is 2.42 bits per heavy atom. The molecule has 0 aliphatic heterocycles. The zero-order chi connectivity index (χ0) is 14.6. The summed E-state index contributed by atoms with van der Waals surface area (Å²) >= 11 is 5.53. The summed E-state index contributed by atoms with van der Waals surface area (Å²) in [6.45, 7) is 14.9. The Kier molecular flexibility index (Phi) is 6.55. The molecule has 0 fully saturated rings. The van der Waals surface area contributed by atoms with Crippen LogP contribution in [0.2, 0.25) is 0 Å². The van der Waals surface area contributed by atoms with Gasteiger partial charge in [-0.1, -0.05) is 34.6 Å². The molecule has 0 amide bonds. The molecular formula is C16H28BrNS. The van der Waals surface area contributed by atoms with Crippen molar-refractivity contribution in [1.29, 1.82) is 0 Å². The van der Waals surface area contributed by atoms with Gasteiger partial charge in [-0.05, 0) is 65.2 Å². The van der Waals surface area contributed by atoms with Gasteiger partial charge in [0.2, 0.25) is 0 Å². The van der Waals surface area contributed by atoms with Crippen molar-refractivity contribution in [2.24, 2.45) is 11.3 Å². The number of hydrogen-bond donors (Lipinski definition) is 1. The molecule has 1 nitrogen and oxygen atoms in total. The number of nitrogens with one attached hydrogen (secondary N) is 1. The van der Waals surface area contributed by atoms with Crippen LogP contribution >= 0.6 is 27.3 Å². The van der Waals surface area contributed by atoms with Gasteiger partial charge in [0.25, 0.3) is 0 Å². The van der Waals surface area contributed by atoms with E-state index in [1.54, 1.807) is 0 Å². The molecule has 0 radical (unpaired) electrons. The van der Waals surface area contributed by atoms with Crippen molar-refractivity contribution in [3.8, 4) is 0 Å². The summed E-state index contributed by atoms with van der Waals surface area (Å²) in [5, 5.41) is 3.72. The average molecular weight is 346 g/mol. The SMILES string of the molecule is CCCNC(CC(C)C(C)(C)C)c1cc(C)c(Br)s1. The highest BCUT2D eigenvalue weighted by molar-refractivity contribution is 9.11. The second-order valence-electron chi connectivity index (χ2n) is 6.61. The van der Waals surface area contributed by atoms with E-state index in [1.807, 2.05) is 11.3 Å². The lowest BCUT2D eigenvalue weighted by Gasteiger charge is -2.31. The fraction of sp³-hybridized carbons (Fsp3) is 0.750. The van der Waals surface area contributed by atoms with Gasteiger partial charge >= 0.3 is 0 Å². The second kappa shape index (κ2) is 7.24. The third-order valence-electron chi connectivity index (χ3n) is 3.93. The summed E-state index contributed by atoms with van der Waals surface area (Å²) in [6.07, 6.45) is 2.39. The van der Waals surface area contributed by atoms with Crippen LogP contribution < -0.4 is 5.32 Å². The number of aryl methyl sites for hydroxylation is 1. The summed E-state index contributed by atoms with van der Waals surface area (Å²) in [5.41, 5.74) is 1.72. The summed E-state index contributed by atoms with van der Waals surface area (Å²) in [7, 11) is 0. The first-order valence-corrected chi connectivity index (χ1v) is 8.85. The van der Waals surface area contributed by atoms with Crippen molar-refractivity contribution in [3.63, 3.8) is 0 Å². The van der Waals surface area contributed by atoms with Crippen LogP contribution in [-0.4, -0.2) is 6.54 Å². The van der Waals surface area contributed by atoms with Gasteiger partial charge < -0.3 is 5.32 Å². The molecule has 1 rings (SSSR count). The highest BCUT2D eigenvalue weighted by Crippen LogP contribution is 2.37. The highest BCUT2D eigenvalue weighted by atomic mass is 79.9. The predicted octanol–water partition coefficient (Wildman–Crippen LogP) is 5.93. The van der Waals surface area contributed by atoms with E-state index < -0.39 is 0 Å². The van der Waals surface area contributed by atoms with Gasteiger partial charge in [0.05, 0.1) is 3.79 Å². The van der Waals surface area contributed by atoms with E-state index in [9.17, 15) is 0 Å². The lowest BCUT2D eigenvalue weighted by Crippen LogP contribution is -2.27. The molecule has 0 aliphatic carbocycles. The molecule has 0 aliphatic rings. The van der Waals surface area contributed by atoms with Crippen LogP contribution in [-0.2, 0) is 0 Å². The van der Waals surface area contributed by atoms with E-state index in [2.05, 4.69) is 68.9 Å². The first-order valence-electron chi connectivity index (χ1n) is 7.25. The van der Waals surface area contributed by atoms with Gasteiger partial charge in [0, 0.05) is 10.9 Å². The Bertz CT molecular complexity index is 372. The van der Waals surface area contributed by atoms with E-state index in [0.717, 1.165) is 6.54 Å². The van der Waals surface area contributed by atoms with Gasteiger partial charge in [-0.15, -0.1) is 11.3 Å². The molecule has 19 heavy (non-hydrogen) atoms. The molecule has 0 bridgehead atoms. The molecule has 0 spiro atoms. The van der Waals surface area contributed by atoms with Gasteiger partial charge in [-0.25, -0.2) is 0 Å². The van der Waals surface area contributed by atoms with Crippen molar-refractivity contribution < 1.29 is 0 Å². The zero-order valence-electron chi connectivity index (χ0n) is 13.1. The lowest BCUT2D eigenvalue weighted by molar-refractivity contribution is 0.224. The molecule has 0 saturated heterocycles. The first-order chi connectivity index (χ1) is 8.75. The normalized spacial score (nSPS) is 15.5. The van der Waals surface area contributed by atoms with Crippen LogP contribution in [0.3, 0.4) is 0 Å². The van der Waals surface area contributed by atoms with Gasteiger partial charge in [0.15, 0.2) is 0 Å². The minimum atomic E-state index is 0.371. The minimum absolute atomic E-state index is 0.371. The largest absolute Gasteiger partial charge is 0.309 e. The molecular weight excluding hydrogens is 318 g/mol. The molecule has 1 N–H and O–H groups in total. The molecule has 3 heteroatoms. The average Bonchev–Trinajstić information content (AvgIpc) is 2.63. The van der Waals surface area contributed by atoms with E-state index in [-0.39, 0.29) is 0 Å². The predicted molar refractivity (Wildman–Crippen MR) is 91.0 cm³/mol. The summed E-state index contributed by atoms with van der Waals surface area (Å²) in [5.74, 6) is 0.697. The minimum Gasteiger partial charge on any atom is -0.309 e. The van der Waals surface area contributed by atoms with Crippen molar-refractivity contribution in [3.05, 3.63) is 20.3 Å². The monoisotopic (exact) mass is 345 g/mol. The van der Waals surface area contributed by atoms with Crippen LogP contribution in [0.15, 0.2) is 9.85 Å². The van der Waals surface area contributed by atoms with Crippen LogP contribution in [0, 0.1) is 18.3 Å². The Morgan fingerprint density at radius 2 is 2.00 bits per heavy atom. The highest BCUT2D eigenvalue weighted by Gasteiger charge is 2.25. The van der Waals surface area contributed by atoms with Crippen LogP contribution in [0.25, 0.3) is 0 Å². The maximum atomic E-state index is 3.72. The zero-order valence-corrected chi connectivity index (χ0v) is 15.5. The third-order valence-corrected chi connectivity index (χ3v) is 6.18. The molecule has 2 atom stereocenters. The Morgan fingerprint density at radius 1 is 1.37 bits per heavy atom. The van der Waals surface area contributed by atoms with Crippen molar-refractivity contribution in [2.75, 3.05) is 6.54 Å². The number of rotatable bonds is 6. The number of thiophene rings is 1. The Balaban J connectivity index is 2.82. The van der Waals surface area contributed by atoms with Crippen LogP contribution in [0.1, 0.15) is 63.9 Å². The van der Waals surface area contributed by atoms with Crippen molar-refractivity contribution in [2.45, 2.75) is 60.4 Å². The van der Waals surface area contributed by atoms with E-state index >= 15 is 0 Å². The van der Waals surface area contributed by atoms with Crippen molar-refractivity contribution in [1.82, 2.24) is 5.32 Å². The Hall–Kier alpha value is 0.140. The van der Waals surface area contributed by atoms with E-state index in [4.69, 9.17) is 0 Å². The van der Waals surface area contributed by atoms with Crippen molar-refractivity contribution >= 4 is 27.3 Å². The molecule has 1 aromatic rings. The standard InChI is InChI=1S/C16H28BrNS/c1-7-8-18-13(10-12(3)16(4,5)6)14-9-11(2)15(17)19-14/h9,12-13,18H,7-8,10H2,1-6H3. The van der Waals surface area contributed by atoms with Gasteiger partial charge in [-0.3, -0.25) is 0 Å². The van der Waals surface area contributed by atoms with E-state index in [0.29, 0.717) is 17.4 Å². The maximum Gasteiger partial charge on any atom is 0.0731 e. The number of hydrogen-bond acceptors (Lipinski definition) is 2. The first kappa shape index (κ1) is 17.2. The molecule has 1 aromatic heterocycles. The summed E-state index contributed by atoms with van der Waals surface area (Å²) in [6, 6.07) is 2.82. The summed E-state index contributed by atoms with van der Waals surface area (Å²) < 4.78 is 1.27. The fourth-order valence-electron chi connectivity index (χ4n) is 1.98. The lowest BCUT2D eigenvalue weighted by atomic mass is 9.78. The molecule has 2 unspecified atom stereocenters. The van der Waals surface area contributed by atoms with Gasteiger partial charge in [-0.2, -0.15) is 0 Å². The third kappa shape index (κ3) is 5.20. The smallest absolute Gasteiger partial charge is 0.0731 e.